The van der Waals surface area contributed by atoms with Crippen molar-refractivity contribution >= 4 is 34.5 Å². The fourth-order valence-corrected chi connectivity index (χ4v) is 2.58. The largest absolute Gasteiger partial charge is 0.383 e. The highest BCUT2D eigenvalue weighted by Gasteiger charge is 2.12. The van der Waals surface area contributed by atoms with Crippen molar-refractivity contribution < 1.29 is 9.53 Å². The lowest BCUT2D eigenvalue weighted by molar-refractivity contribution is -0.121. The lowest BCUT2D eigenvalue weighted by atomic mass is 10.3. The summed E-state index contributed by atoms with van der Waals surface area (Å²) in [7, 11) is 1.66. The Morgan fingerprint density at radius 3 is 3.00 bits per heavy atom. The number of rotatable bonds is 11. The Kier molecular flexibility index (Phi) is 7.68. The number of thioether (sulfide) groups is 1. The van der Waals surface area contributed by atoms with Gasteiger partial charge in [0.1, 0.15) is 5.82 Å². The molecule has 2 N–H and O–H groups in total. The van der Waals surface area contributed by atoms with E-state index in [4.69, 9.17) is 4.74 Å². The molecule has 0 bridgehead atoms. The third-order valence-corrected chi connectivity index (χ3v) is 4.03. The standard InChI is InChI=1S/C16H24N6O2S/c1-4-5-6-13(23)17-7-9-22-15-12(11-19-22)14(18-8-10-24-2)20-16(21-15)25-3/h4,11H,1,5-10H2,2-3H3,(H,17,23)(H,18,20,21). The summed E-state index contributed by atoms with van der Waals surface area (Å²) in [5.41, 5.74) is 0.750. The van der Waals surface area contributed by atoms with Crippen molar-refractivity contribution in [2.24, 2.45) is 0 Å². The van der Waals surface area contributed by atoms with E-state index < -0.39 is 0 Å². The maximum absolute atomic E-state index is 11.7. The van der Waals surface area contributed by atoms with E-state index in [1.165, 1.54) is 11.8 Å². The number of nitrogens with zero attached hydrogens (tertiary/aromatic N) is 4. The Morgan fingerprint density at radius 1 is 1.44 bits per heavy atom. The molecule has 0 spiro atoms. The molecule has 0 aliphatic heterocycles. The number of hydrogen-bond acceptors (Lipinski definition) is 7. The van der Waals surface area contributed by atoms with E-state index in [2.05, 4.69) is 32.3 Å². The minimum absolute atomic E-state index is 0.0118. The number of fused-ring (bicyclic) bond motifs is 1. The molecule has 9 heteroatoms. The highest BCUT2D eigenvalue weighted by atomic mass is 32.2. The first kappa shape index (κ1) is 19.2. The molecule has 0 atom stereocenters. The van der Waals surface area contributed by atoms with Crippen LogP contribution >= 0.6 is 11.8 Å². The van der Waals surface area contributed by atoms with Crippen LogP contribution in [-0.2, 0) is 16.1 Å². The zero-order valence-electron chi connectivity index (χ0n) is 14.6. The van der Waals surface area contributed by atoms with Crippen LogP contribution in [0.2, 0.25) is 0 Å². The predicted molar refractivity (Wildman–Crippen MR) is 99.9 cm³/mol. The van der Waals surface area contributed by atoms with Crippen molar-refractivity contribution in [2.45, 2.75) is 24.5 Å². The lowest BCUT2D eigenvalue weighted by Gasteiger charge is -2.09. The van der Waals surface area contributed by atoms with Crippen molar-refractivity contribution in [3.8, 4) is 0 Å². The van der Waals surface area contributed by atoms with E-state index in [1.54, 1.807) is 24.1 Å². The fraction of sp³-hybridized carbons (Fsp3) is 0.500. The number of anilines is 1. The highest BCUT2D eigenvalue weighted by molar-refractivity contribution is 7.98. The zero-order chi connectivity index (χ0) is 18.1. The van der Waals surface area contributed by atoms with E-state index >= 15 is 0 Å². The van der Waals surface area contributed by atoms with Crippen LogP contribution < -0.4 is 10.6 Å². The molecule has 0 saturated carbocycles. The van der Waals surface area contributed by atoms with Gasteiger partial charge in [-0.25, -0.2) is 14.6 Å². The summed E-state index contributed by atoms with van der Waals surface area (Å²) in [6.07, 6.45) is 6.54. The molecule has 0 fully saturated rings. The third kappa shape index (κ3) is 5.43. The number of carbonyl (C=O) groups excluding carboxylic acids is 1. The third-order valence-electron chi connectivity index (χ3n) is 3.48. The quantitative estimate of drug-likeness (QED) is 0.271. The number of nitrogens with one attached hydrogen (secondary N) is 2. The second kappa shape index (κ2) is 10.00. The van der Waals surface area contributed by atoms with Gasteiger partial charge in [0.2, 0.25) is 5.91 Å². The van der Waals surface area contributed by atoms with Crippen LogP contribution in [-0.4, -0.2) is 58.7 Å². The van der Waals surface area contributed by atoms with Crippen molar-refractivity contribution in [1.29, 1.82) is 0 Å². The first-order valence-electron chi connectivity index (χ1n) is 8.07. The molecule has 2 aromatic heterocycles. The number of methoxy groups -OCH3 is 1. The van der Waals surface area contributed by atoms with Crippen molar-refractivity contribution in [2.75, 3.05) is 38.4 Å². The molecule has 0 aromatic carbocycles. The van der Waals surface area contributed by atoms with E-state index in [9.17, 15) is 4.79 Å². The highest BCUT2D eigenvalue weighted by Crippen LogP contribution is 2.23. The molecule has 136 valence electrons. The molecular weight excluding hydrogens is 340 g/mol. The minimum atomic E-state index is 0.0118. The number of allylic oxidation sites excluding steroid dienone is 1. The Bertz CT molecular complexity index is 718. The summed E-state index contributed by atoms with van der Waals surface area (Å²) < 4.78 is 6.85. The summed E-state index contributed by atoms with van der Waals surface area (Å²) in [4.78, 5) is 20.7. The molecule has 1 amide bonds. The van der Waals surface area contributed by atoms with Gasteiger partial charge in [0.25, 0.3) is 0 Å². The first-order chi connectivity index (χ1) is 12.2. The van der Waals surface area contributed by atoms with Crippen LogP contribution in [0, 0.1) is 0 Å². The predicted octanol–water partition coefficient (Wildman–Crippen LogP) is 1.69. The van der Waals surface area contributed by atoms with Crippen LogP contribution in [0.5, 0.6) is 0 Å². The van der Waals surface area contributed by atoms with Crippen molar-refractivity contribution in [1.82, 2.24) is 25.1 Å². The van der Waals surface area contributed by atoms with Gasteiger partial charge in [0, 0.05) is 26.6 Å². The van der Waals surface area contributed by atoms with Crippen molar-refractivity contribution in [3.63, 3.8) is 0 Å². The van der Waals surface area contributed by atoms with Gasteiger partial charge in [-0.2, -0.15) is 5.10 Å². The molecule has 2 rings (SSSR count). The zero-order valence-corrected chi connectivity index (χ0v) is 15.4. The van der Waals surface area contributed by atoms with Crippen molar-refractivity contribution in [3.05, 3.63) is 18.9 Å². The van der Waals surface area contributed by atoms with Crippen LogP contribution in [0.25, 0.3) is 11.0 Å². The van der Waals surface area contributed by atoms with Gasteiger partial charge in [-0.05, 0) is 12.7 Å². The Hall–Kier alpha value is -2.13. The maximum atomic E-state index is 11.7. The first-order valence-corrected chi connectivity index (χ1v) is 9.30. The Morgan fingerprint density at radius 2 is 2.28 bits per heavy atom. The molecule has 8 nitrogen and oxygen atoms in total. The summed E-state index contributed by atoms with van der Waals surface area (Å²) >= 11 is 1.47. The molecule has 25 heavy (non-hydrogen) atoms. The van der Waals surface area contributed by atoms with Crippen LogP contribution in [0.3, 0.4) is 0 Å². The molecule has 2 aromatic rings. The summed E-state index contributed by atoms with van der Waals surface area (Å²) in [6.45, 7) is 5.90. The summed E-state index contributed by atoms with van der Waals surface area (Å²) in [5.74, 6) is 0.755. The molecule has 0 unspecified atom stereocenters. The molecule has 2 heterocycles. The van der Waals surface area contributed by atoms with Gasteiger partial charge in [-0.1, -0.05) is 17.8 Å². The lowest BCUT2D eigenvalue weighted by Crippen LogP contribution is -2.27. The number of aromatic nitrogens is 4. The normalized spacial score (nSPS) is 10.8. The summed E-state index contributed by atoms with van der Waals surface area (Å²) in [5, 5.41) is 12.0. The molecule has 0 aliphatic carbocycles. The Labute approximate surface area is 151 Å². The van der Waals surface area contributed by atoms with Gasteiger partial charge in [0.15, 0.2) is 10.8 Å². The van der Waals surface area contributed by atoms with E-state index in [0.717, 1.165) is 16.9 Å². The second-order valence-corrected chi connectivity index (χ2v) is 6.03. The molecule has 0 saturated heterocycles. The Balaban J connectivity index is 2.08. The number of ether oxygens (including phenoxy) is 1. The van der Waals surface area contributed by atoms with Crippen LogP contribution in [0.4, 0.5) is 5.82 Å². The van der Waals surface area contributed by atoms with Gasteiger partial charge in [-0.15, -0.1) is 6.58 Å². The molecule has 0 radical (unpaired) electrons. The van der Waals surface area contributed by atoms with Gasteiger partial charge in [-0.3, -0.25) is 4.79 Å². The fourth-order valence-electron chi connectivity index (χ4n) is 2.22. The van der Waals surface area contributed by atoms with E-state index in [1.807, 2.05) is 6.26 Å². The number of carbonyl (C=O) groups is 1. The molecule has 0 aliphatic rings. The average Bonchev–Trinajstić information content (AvgIpc) is 3.03. The number of amides is 1. The van der Waals surface area contributed by atoms with Crippen LogP contribution in [0.1, 0.15) is 12.8 Å². The van der Waals surface area contributed by atoms with Gasteiger partial charge in [0.05, 0.1) is 24.7 Å². The SMILES string of the molecule is C=CCCC(=O)NCCn1ncc2c(NCCOC)nc(SC)nc21. The molecular formula is C16H24N6O2S. The number of hydrogen-bond donors (Lipinski definition) is 2. The van der Waals surface area contributed by atoms with Crippen LogP contribution in [0.15, 0.2) is 24.0 Å². The maximum Gasteiger partial charge on any atom is 0.220 e. The van der Waals surface area contributed by atoms with Gasteiger partial charge < -0.3 is 15.4 Å². The monoisotopic (exact) mass is 364 g/mol. The van der Waals surface area contributed by atoms with Gasteiger partial charge >= 0.3 is 0 Å². The van der Waals surface area contributed by atoms with E-state index in [0.29, 0.717) is 44.2 Å². The topological polar surface area (TPSA) is 94.0 Å². The van der Waals surface area contributed by atoms with E-state index in [-0.39, 0.29) is 5.91 Å². The average molecular weight is 364 g/mol. The summed E-state index contributed by atoms with van der Waals surface area (Å²) in [6, 6.07) is 0. The smallest absolute Gasteiger partial charge is 0.220 e. The second-order valence-electron chi connectivity index (χ2n) is 5.26. The minimum Gasteiger partial charge on any atom is -0.383 e.